The molecule has 0 bridgehead atoms. The minimum Gasteiger partial charge on any atom is -0.382 e. The molecule has 0 saturated carbocycles. The first-order valence-corrected chi connectivity index (χ1v) is 6.62. The molecule has 1 aromatic rings. The molecule has 0 spiro atoms. The lowest BCUT2D eigenvalue weighted by Gasteiger charge is -2.32. The number of anilines is 1. The van der Waals surface area contributed by atoms with Gasteiger partial charge >= 0.3 is 0 Å². The fraction of sp³-hybridized carbons (Fsp3) is 0.571. The SMILES string of the molecule is CCCN1CCC(Nc2cc(F)cc(F)c2)CC1. The Kier molecular flexibility index (Phi) is 4.53. The average Bonchev–Trinajstić information content (AvgIpc) is 2.31. The molecule has 1 N–H and O–H groups in total. The molecule has 0 aromatic heterocycles. The third kappa shape index (κ3) is 3.67. The van der Waals surface area contributed by atoms with Crippen LogP contribution < -0.4 is 5.32 Å². The summed E-state index contributed by atoms with van der Waals surface area (Å²) in [4.78, 5) is 2.43. The third-order valence-corrected chi connectivity index (χ3v) is 3.36. The maximum atomic E-state index is 13.1. The van der Waals surface area contributed by atoms with Crippen LogP contribution in [0, 0.1) is 11.6 Å². The second-order valence-electron chi connectivity index (χ2n) is 4.92. The molecule has 1 saturated heterocycles. The molecule has 1 heterocycles. The van der Waals surface area contributed by atoms with Gasteiger partial charge in [-0.05, 0) is 37.9 Å². The van der Waals surface area contributed by atoms with Crippen LogP contribution in [0.1, 0.15) is 26.2 Å². The molecule has 0 amide bonds. The van der Waals surface area contributed by atoms with E-state index in [1.807, 2.05) is 0 Å². The zero-order chi connectivity index (χ0) is 13.0. The van der Waals surface area contributed by atoms with Crippen LogP contribution in [0.2, 0.25) is 0 Å². The molecule has 0 aliphatic carbocycles. The van der Waals surface area contributed by atoms with Crippen molar-refractivity contribution in [1.29, 1.82) is 0 Å². The minimum absolute atomic E-state index is 0.319. The first-order chi connectivity index (χ1) is 8.67. The Morgan fingerprint density at radius 3 is 2.33 bits per heavy atom. The lowest BCUT2D eigenvalue weighted by Crippen LogP contribution is -2.39. The summed E-state index contributed by atoms with van der Waals surface area (Å²) in [7, 11) is 0. The van der Waals surface area contributed by atoms with Gasteiger partial charge in [0.15, 0.2) is 0 Å². The van der Waals surface area contributed by atoms with Crippen LogP contribution in [0.4, 0.5) is 14.5 Å². The van der Waals surface area contributed by atoms with Gasteiger partial charge in [-0.2, -0.15) is 0 Å². The Morgan fingerprint density at radius 1 is 1.17 bits per heavy atom. The third-order valence-electron chi connectivity index (χ3n) is 3.36. The lowest BCUT2D eigenvalue weighted by molar-refractivity contribution is 0.219. The van der Waals surface area contributed by atoms with Gasteiger partial charge in [0, 0.05) is 30.9 Å². The molecule has 1 aromatic carbocycles. The standard InChI is InChI=1S/C14H20F2N2/c1-2-5-18-6-3-13(4-7-18)17-14-9-11(15)8-12(16)10-14/h8-10,13,17H,2-7H2,1H3. The van der Waals surface area contributed by atoms with Gasteiger partial charge in [-0.15, -0.1) is 0 Å². The van der Waals surface area contributed by atoms with Crippen molar-refractivity contribution in [2.24, 2.45) is 0 Å². The van der Waals surface area contributed by atoms with Crippen LogP contribution in [-0.2, 0) is 0 Å². The van der Waals surface area contributed by atoms with Gasteiger partial charge < -0.3 is 10.2 Å². The Balaban J connectivity index is 1.87. The summed E-state index contributed by atoms with van der Waals surface area (Å²) in [6.45, 7) is 5.44. The van der Waals surface area contributed by atoms with Crippen molar-refractivity contribution >= 4 is 5.69 Å². The van der Waals surface area contributed by atoms with E-state index in [4.69, 9.17) is 0 Å². The number of piperidine rings is 1. The van der Waals surface area contributed by atoms with Gasteiger partial charge in [-0.3, -0.25) is 0 Å². The quantitative estimate of drug-likeness (QED) is 0.887. The van der Waals surface area contributed by atoms with Crippen molar-refractivity contribution in [3.05, 3.63) is 29.8 Å². The molecule has 2 rings (SSSR count). The van der Waals surface area contributed by atoms with E-state index < -0.39 is 11.6 Å². The average molecular weight is 254 g/mol. The molecule has 2 nitrogen and oxygen atoms in total. The van der Waals surface area contributed by atoms with E-state index in [2.05, 4.69) is 17.1 Å². The minimum atomic E-state index is -0.527. The fourth-order valence-electron chi connectivity index (χ4n) is 2.49. The number of nitrogens with one attached hydrogen (secondary N) is 1. The first kappa shape index (κ1) is 13.3. The van der Waals surface area contributed by atoms with Gasteiger partial charge in [0.25, 0.3) is 0 Å². The van der Waals surface area contributed by atoms with Gasteiger partial charge in [-0.1, -0.05) is 6.92 Å². The van der Waals surface area contributed by atoms with Gasteiger partial charge in [0.2, 0.25) is 0 Å². The van der Waals surface area contributed by atoms with E-state index in [0.29, 0.717) is 11.7 Å². The summed E-state index contributed by atoms with van der Waals surface area (Å²) < 4.78 is 26.1. The molecule has 1 fully saturated rings. The molecule has 100 valence electrons. The first-order valence-electron chi connectivity index (χ1n) is 6.62. The van der Waals surface area contributed by atoms with Crippen LogP contribution in [-0.4, -0.2) is 30.6 Å². The van der Waals surface area contributed by atoms with E-state index in [9.17, 15) is 8.78 Å². The van der Waals surface area contributed by atoms with Crippen LogP contribution >= 0.6 is 0 Å². The van der Waals surface area contributed by atoms with Crippen LogP contribution in [0.15, 0.2) is 18.2 Å². The van der Waals surface area contributed by atoms with E-state index in [-0.39, 0.29) is 0 Å². The van der Waals surface area contributed by atoms with Crippen LogP contribution in [0.3, 0.4) is 0 Å². The molecule has 18 heavy (non-hydrogen) atoms. The lowest BCUT2D eigenvalue weighted by atomic mass is 10.0. The Labute approximate surface area is 107 Å². The molecule has 4 heteroatoms. The fourth-order valence-corrected chi connectivity index (χ4v) is 2.49. The number of nitrogens with zero attached hydrogens (tertiary/aromatic N) is 1. The highest BCUT2D eigenvalue weighted by atomic mass is 19.1. The molecular weight excluding hydrogens is 234 g/mol. The maximum Gasteiger partial charge on any atom is 0.128 e. The summed E-state index contributed by atoms with van der Waals surface area (Å²) >= 11 is 0. The molecule has 0 radical (unpaired) electrons. The zero-order valence-corrected chi connectivity index (χ0v) is 10.8. The molecular formula is C14H20F2N2. The Morgan fingerprint density at radius 2 is 1.78 bits per heavy atom. The second-order valence-corrected chi connectivity index (χ2v) is 4.92. The summed E-state index contributed by atoms with van der Waals surface area (Å²) in [6, 6.07) is 3.91. The Hall–Kier alpha value is -1.16. The van der Waals surface area contributed by atoms with Crippen molar-refractivity contribution in [3.8, 4) is 0 Å². The van der Waals surface area contributed by atoms with E-state index in [1.54, 1.807) is 0 Å². The number of rotatable bonds is 4. The summed E-state index contributed by atoms with van der Waals surface area (Å²) in [5.74, 6) is -1.05. The molecule has 0 unspecified atom stereocenters. The van der Waals surface area contributed by atoms with E-state index >= 15 is 0 Å². The topological polar surface area (TPSA) is 15.3 Å². The number of halogens is 2. The summed E-state index contributed by atoms with van der Waals surface area (Å²) in [5, 5.41) is 3.22. The van der Waals surface area contributed by atoms with Gasteiger partial charge in [0.05, 0.1) is 0 Å². The summed E-state index contributed by atoms with van der Waals surface area (Å²) in [5.41, 5.74) is 0.543. The monoisotopic (exact) mass is 254 g/mol. The molecule has 0 atom stereocenters. The number of likely N-dealkylation sites (tertiary alicyclic amines) is 1. The normalized spacial score (nSPS) is 17.9. The Bertz CT molecular complexity index is 367. The number of benzene rings is 1. The van der Waals surface area contributed by atoms with Gasteiger partial charge in [0.1, 0.15) is 11.6 Å². The zero-order valence-electron chi connectivity index (χ0n) is 10.8. The smallest absolute Gasteiger partial charge is 0.128 e. The van der Waals surface area contributed by atoms with Crippen LogP contribution in [0.25, 0.3) is 0 Å². The van der Waals surface area contributed by atoms with Crippen molar-refractivity contribution in [2.45, 2.75) is 32.2 Å². The van der Waals surface area contributed by atoms with Gasteiger partial charge in [-0.25, -0.2) is 8.78 Å². The number of hydrogen-bond donors (Lipinski definition) is 1. The van der Waals surface area contributed by atoms with Crippen LogP contribution in [0.5, 0.6) is 0 Å². The highest BCUT2D eigenvalue weighted by Crippen LogP contribution is 2.18. The highest BCUT2D eigenvalue weighted by molar-refractivity contribution is 5.44. The van der Waals surface area contributed by atoms with Crippen molar-refractivity contribution in [1.82, 2.24) is 4.90 Å². The second kappa shape index (κ2) is 6.14. The van der Waals surface area contributed by atoms with Crippen molar-refractivity contribution < 1.29 is 8.78 Å². The van der Waals surface area contributed by atoms with Crippen molar-refractivity contribution in [3.63, 3.8) is 0 Å². The highest BCUT2D eigenvalue weighted by Gasteiger charge is 2.18. The van der Waals surface area contributed by atoms with E-state index in [1.165, 1.54) is 18.6 Å². The molecule has 1 aliphatic rings. The largest absolute Gasteiger partial charge is 0.382 e. The number of hydrogen-bond acceptors (Lipinski definition) is 2. The predicted molar refractivity (Wildman–Crippen MR) is 69.7 cm³/mol. The van der Waals surface area contributed by atoms with E-state index in [0.717, 1.165) is 38.5 Å². The summed E-state index contributed by atoms with van der Waals surface area (Å²) in [6.07, 6.45) is 3.23. The molecule has 1 aliphatic heterocycles. The predicted octanol–water partition coefficient (Wildman–Crippen LogP) is 3.25. The van der Waals surface area contributed by atoms with Crippen molar-refractivity contribution in [2.75, 3.05) is 25.0 Å². The maximum absolute atomic E-state index is 13.1.